The van der Waals surface area contributed by atoms with Crippen LogP contribution in [0.2, 0.25) is 0 Å². The molecule has 0 saturated carbocycles. The van der Waals surface area contributed by atoms with Crippen LogP contribution in [0.15, 0.2) is 41.1 Å². The minimum Gasteiger partial charge on any atom is -0.368 e. The van der Waals surface area contributed by atoms with Gasteiger partial charge in [-0.25, -0.2) is 9.97 Å². The smallest absolute Gasteiger partial charge is 0.222 e. The lowest BCUT2D eigenvalue weighted by atomic mass is 10.1. The second-order valence-corrected chi connectivity index (χ2v) is 5.40. The summed E-state index contributed by atoms with van der Waals surface area (Å²) >= 11 is 3.52. The lowest BCUT2D eigenvalue weighted by Crippen LogP contribution is -1.93. The van der Waals surface area contributed by atoms with E-state index in [4.69, 9.17) is 5.73 Å². The minimum absolute atomic E-state index is 0.211. The van der Waals surface area contributed by atoms with Crippen LogP contribution in [0.4, 0.5) is 5.95 Å². The summed E-state index contributed by atoms with van der Waals surface area (Å²) in [6.07, 6.45) is 3.40. The highest BCUT2D eigenvalue weighted by molar-refractivity contribution is 9.10. The van der Waals surface area contributed by atoms with Crippen molar-refractivity contribution in [3.05, 3.63) is 41.1 Å². The van der Waals surface area contributed by atoms with Crippen molar-refractivity contribution in [2.45, 2.75) is 0 Å². The molecule has 3 N–H and O–H groups in total. The van der Waals surface area contributed by atoms with Crippen molar-refractivity contribution in [1.29, 1.82) is 0 Å². The van der Waals surface area contributed by atoms with Gasteiger partial charge in [-0.15, -0.1) is 0 Å². The predicted octanol–water partition coefficient (Wildman–Crippen LogP) is 2.91. The Morgan fingerprint density at radius 3 is 2.90 bits per heavy atom. The number of H-pyrrole nitrogens is 1. The van der Waals surface area contributed by atoms with Gasteiger partial charge in [0.05, 0.1) is 11.7 Å². The standard InChI is InChI=1S/C14H9BrN6/c15-9-4-3-8(7-2-1-5-17-11(7)9)12-19-10-6-18-14(16)21-13(10)20-12/h1-6H,(H3,16,18,19,20,21). The van der Waals surface area contributed by atoms with Crippen molar-refractivity contribution in [3.8, 4) is 11.4 Å². The number of rotatable bonds is 1. The third-order valence-electron chi connectivity index (χ3n) is 3.23. The van der Waals surface area contributed by atoms with Gasteiger partial charge < -0.3 is 10.7 Å². The molecule has 0 spiro atoms. The first-order valence-corrected chi connectivity index (χ1v) is 7.03. The third kappa shape index (κ3) is 1.93. The highest BCUT2D eigenvalue weighted by Crippen LogP contribution is 2.31. The average Bonchev–Trinajstić information content (AvgIpc) is 2.90. The lowest BCUT2D eigenvalue weighted by Gasteiger charge is -2.04. The Labute approximate surface area is 127 Å². The Balaban J connectivity index is 2.02. The maximum Gasteiger partial charge on any atom is 0.222 e. The first-order valence-electron chi connectivity index (χ1n) is 6.24. The van der Waals surface area contributed by atoms with Crippen molar-refractivity contribution < 1.29 is 0 Å². The number of hydrogen-bond acceptors (Lipinski definition) is 5. The predicted molar refractivity (Wildman–Crippen MR) is 84.5 cm³/mol. The zero-order chi connectivity index (χ0) is 14.4. The van der Waals surface area contributed by atoms with Crippen LogP contribution >= 0.6 is 15.9 Å². The highest BCUT2D eigenvalue weighted by Gasteiger charge is 2.12. The van der Waals surface area contributed by atoms with Crippen LogP contribution in [-0.4, -0.2) is 24.9 Å². The number of nitrogens with one attached hydrogen (secondary N) is 1. The molecule has 0 radical (unpaired) electrons. The number of nitrogen functional groups attached to an aromatic ring is 1. The zero-order valence-corrected chi connectivity index (χ0v) is 12.3. The van der Waals surface area contributed by atoms with Crippen molar-refractivity contribution in [2.24, 2.45) is 0 Å². The van der Waals surface area contributed by atoms with E-state index in [1.54, 1.807) is 12.4 Å². The molecular formula is C14H9BrN6. The van der Waals surface area contributed by atoms with Gasteiger partial charge in [-0.05, 0) is 34.1 Å². The number of halogens is 1. The fourth-order valence-electron chi connectivity index (χ4n) is 2.29. The van der Waals surface area contributed by atoms with Crippen LogP contribution < -0.4 is 5.73 Å². The molecule has 1 aromatic carbocycles. The van der Waals surface area contributed by atoms with E-state index in [1.165, 1.54) is 0 Å². The van der Waals surface area contributed by atoms with Crippen molar-refractivity contribution in [3.63, 3.8) is 0 Å². The van der Waals surface area contributed by atoms with E-state index in [0.717, 1.165) is 32.3 Å². The largest absolute Gasteiger partial charge is 0.368 e. The quantitative estimate of drug-likeness (QED) is 0.555. The van der Waals surface area contributed by atoms with Crippen molar-refractivity contribution >= 4 is 43.9 Å². The van der Waals surface area contributed by atoms with Crippen LogP contribution in [-0.2, 0) is 0 Å². The van der Waals surface area contributed by atoms with Crippen LogP contribution in [0, 0.1) is 0 Å². The van der Waals surface area contributed by atoms with Gasteiger partial charge >= 0.3 is 0 Å². The lowest BCUT2D eigenvalue weighted by molar-refractivity contribution is 1.22. The van der Waals surface area contributed by atoms with Crippen molar-refractivity contribution in [2.75, 3.05) is 5.73 Å². The number of aromatic nitrogens is 5. The van der Waals surface area contributed by atoms with Gasteiger partial charge in [0.2, 0.25) is 5.95 Å². The van der Waals surface area contributed by atoms with Crippen LogP contribution in [0.1, 0.15) is 0 Å². The Bertz CT molecular complexity index is 978. The van der Waals surface area contributed by atoms with Gasteiger partial charge in [0, 0.05) is 21.6 Å². The number of aromatic amines is 1. The monoisotopic (exact) mass is 340 g/mol. The molecule has 0 atom stereocenters. The molecule has 0 fully saturated rings. The second kappa shape index (κ2) is 4.49. The zero-order valence-electron chi connectivity index (χ0n) is 10.7. The maximum absolute atomic E-state index is 5.59. The number of nitrogens with two attached hydrogens (primary N) is 1. The molecule has 0 amide bonds. The Kier molecular flexibility index (Phi) is 2.61. The highest BCUT2D eigenvalue weighted by atomic mass is 79.9. The summed E-state index contributed by atoms with van der Waals surface area (Å²) in [4.78, 5) is 20.2. The number of nitrogens with zero attached hydrogens (tertiary/aromatic N) is 4. The van der Waals surface area contributed by atoms with E-state index in [-0.39, 0.29) is 5.95 Å². The summed E-state index contributed by atoms with van der Waals surface area (Å²) in [6.45, 7) is 0. The summed E-state index contributed by atoms with van der Waals surface area (Å²) in [5.41, 5.74) is 8.74. The average molecular weight is 341 g/mol. The number of fused-ring (bicyclic) bond motifs is 2. The maximum atomic E-state index is 5.59. The molecule has 0 aliphatic heterocycles. The van der Waals surface area contributed by atoms with E-state index < -0.39 is 0 Å². The fraction of sp³-hybridized carbons (Fsp3) is 0. The SMILES string of the molecule is Nc1ncc2[nH]c(-c3ccc(Br)c4ncccc34)nc2n1. The molecule has 0 unspecified atom stereocenters. The molecule has 21 heavy (non-hydrogen) atoms. The number of hydrogen-bond donors (Lipinski definition) is 2. The minimum atomic E-state index is 0.211. The van der Waals surface area contributed by atoms with Gasteiger partial charge in [0.1, 0.15) is 11.3 Å². The Hall–Kier alpha value is -2.54. The summed E-state index contributed by atoms with van der Waals surface area (Å²) in [5.74, 6) is 0.929. The van der Waals surface area contributed by atoms with Crippen LogP contribution in [0.5, 0.6) is 0 Å². The Morgan fingerprint density at radius 2 is 2.00 bits per heavy atom. The molecular weight excluding hydrogens is 332 g/mol. The van der Waals surface area contributed by atoms with Gasteiger partial charge in [-0.2, -0.15) is 4.98 Å². The number of anilines is 1. The van der Waals surface area contributed by atoms with Gasteiger partial charge in [-0.3, -0.25) is 4.98 Å². The first-order chi connectivity index (χ1) is 10.2. The molecule has 7 heteroatoms. The summed E-state index contributed by atoms with van der Waals surface area (Å²) in [5, 5.41) is 1.01. The molecule has 0 saturated heterocycles. The number of pyridine rings is 1. The molecule has 0 aliphatic rings. The molecule has 4 aromatic rings. The number of imidazole rings is 1. The summed E-state index contributed by atoms with van der Waals surface area (Å²) in [6, 6.07) is 7.86. The van der Waals surface area contributed by atoms with Gasteiger partial charge in [-0.1, -0.05) is 6.07 Å². The van der Waals surface area contributed by atoms with E-state index in [0.29, 0.717) is 5.65 Å². The third-order valence-corrected chi connectivity index (χ3v) is 3.87. The van der Waals surface area contributed by atoms with Crippen molar-refractivity contribution in [1.82, 2.24) is 24.9 Å². The van der Waals surface area contributed by atoms with E-state index in [9.17, 15) is 0 Å². The summed E-state index contributed by atoms with van der Waals surface area (Å²) in [7, 11) is 0. The summed E-state index contributed by atoms with van der Waals surface area (Å²) < 4.78 is 0.946. The molecule has 4 rings (SSSR count). The second-order valence-electron chi connectivity index (χ2n) is 4.55. The van der Waals surface area contributed by atoms with Gasteiger partial charge in [0.15, 0.2) is 5.65 Å². The van der Waals surface area contributed by atoms with Crippen LogP contribution in [0.25, 0.3) is 33.5 Å². The Morgan fingerprint density at radius 1 is 1.10 bits per heavy atom. The normalized spacial score (nSPS) is 11.3. The number of benzene rings is 1. The molecule has 0 bridgehead atoms. The fourth-order valence-corrected chi connectivity index (χ4v) is 2.74. The molecule has 6 nitrogen and oxygen atoms in total. The van der Waals surface area contributed by atoms with Crippen LogP contribution in [0.3, 0.4) is 0 Å². The molecule has 0 aliphatic carbocycles. The first kappa shape index (κ1) is 12.2. The van der Waals surface area contributed by atoms with Gasteiger partial charge in [0.25, 0.3) is 0 Å². The topological polar surface area (TPSA) is 93.4 Å². The van der Waals surface area contributed by atoms with E-state index in [2.05, 4.69) is 40.8 Å². The van der Waals surface area contributed by atoms with E-state index >= 15 is 0 Å². The molecule has 102 valence electrons. The van der Waals surface area contributed by atoms with E-state index in [1.807, 2.05) is 24.3 Å². The molecule has 3 aromatic heterocycles. The molecule has 3 heterocycles.